The Balaban J connectivity index is 1.69. The van der Waals surface area contributed by atoms with Gasteiger partial charge in [-0.2, -0.15) is 18.2 Å². The number of aromatic nitrogens is 2. The number of carbonyl (C=O) groups is 1. The third kappa shape index (κ3) is 4.04. The normalized spacial score (nSPS) is 20.8. The van der Waals surface area contributed by atoms with Gasteiger partial charge in [0.05, 0.1) is 12.1 Å². The number of benzene rings is 1. The van der Waals surface area contributed by atoms with Crippen LogP contribution in [0.2, 0.25) is 0 Å². The van der Waals surface area contributed by atoms with Crippen LogP contribution in [-0.2, 0) is 10.9 Å². The summed E-state index contributed by atoms with van der Waals surface area (Å²) in [5.74, 6) is -1.84. The summed E-state index contributed by atoms with van der Waals surface area (Å²) < 4.78 is 47.2. The Morgan fingerprint density at radius 1 is 1.23 bits per heavy atom. The minimum absolute atomic E-state index is 0.00732. The monoisotopic (exact) mass is 369 g/mol. The summed E-state index contributed by atoms with van der Waals surface area (Å²) >= 11 is 0. The second-order valence-corrected chi connectivity index (χ2v) is 6.14. The van der Waals surface area contributed by atoms with Gasteiger partial charge in [0.25, 0.3) is 5.91 Å². The lowest BCUT2D eigenvalue weighted by Crippen LogP contribution is -2.45. The molecule has 2 aromatic rings. The number of carbonyl (C=O) groups excluding carboxylic acids is 1. The van der Waals surface area contributed by atoms with Gasteiger partial charge in [-0.25, -0.2) is 0 Å². The molecule has 0 aliphatic heterocycles. The highest BCUT2D eigenvalue weighted by Crippen LogP contribution is 2.29. The van der Waals surface area contributed by atoms with Gasteiger partial charge in [0.15, 0.2) is 0 Å². The van der Waals surface area contributed by atoms with Crippen molar-refractivity contribution in [2.24, 2.45) is 0 Å². The molecule has 1 amide bonds. The van der Waals surface area contributed by atoms with Gasteiger partial charge in [0, 0.05) is 18.2 Å². The zero-order valence-corrected chi connectivity index (χ0v) is 14.0. The second-order valence-electron chi connectivity index (χ2n) is 6.14. The molecule has 1 N–H and O–H groups in total. The summed E-state index contributed by atoms with van der Waals surface area (Å²) in [5.41, 5.74) is 0.724. The van der Waals surface area contributed by atoms with Crippen LogP contribution in [0.4, 0.5) is 13.2 Å². The summed E-state index contributed by atoms with van der Waals surface area (Å²) in [6.45, 7) is 0. The number of amides is 1. The number of hydrogen-bond acceptors (Lipinski definition) is 5. The van der Waals surface area contributed by atoms with Crippen molar-refractivity contribution in [3.63, 3.8) is 0 Å². The molecule has 0 bridgehead atoms. The molecule has 1 aromatic carbocycles. The Hall–Kier alpha value is -2.42. The molecule has 0 radical (unpaired) electrons. The molecule has 1 saturated carbocycles. The van der Waals surface area contributed by atoms with E-state index in [4.69, 9.17) is 4.74 Å². The average Bonchev–Trinajstić information content (AvgIpc) is 3.13. The molecule has 9 heteroatoms. The van der Waals surface area contributed by atoms with E-state index in [-0.39, 0.29) is 23.9 Å². The van der Waals surface area contributed by atoms with Crippen molar-refractivity contribution in [2.45, 2.75) is 44.0 Å². The Morgan fingerprint density at radius 3 is 2.54 bits per heavy atom. The number of alkyl halides is 3. The fourth-order valence-corrected chi connectivity index (χ4v) is 3.02. The quantitative estimate of drug-likeness (QED) is 0.893. The number of nitrogens with zero attached hydrogens (tertiary/aromatic N) is 2. The molecule has 1 aliphatic carbocycles. The smallest absolute Gasteiger partial charge is 0.379 e. The lowest BCUT2D eigenvalue weighted by Gasteiger charge is -2.31. The Labute approximate surface area is 147 Å². The summed E-state index contributed by atoms with van der Waals surface area (Å²) in [4.78, 5) is 15.7. The Bertz CT molecular complexity index is 759. The number of hydrogen-bond donors (Lipinski definition) is 1. The zero-order valence-electron chi connectivity index (χ0n) is 14.0. The number of halogens is 3. The van der Waals surface area contributed by atoms with Gasteiger partial charge in [0.2, 0.25) is 5.82 Å². The lowest BCUT2D eigenvalue weighted by molar-refractivity contribution is -0.159. The molecular formula is C17H18F3N3O3. The molecule has 0 spiro atoms. The van der Waals surface area contributed by atoms with E-state index in [1.807, 2.05) is 0 Å². The molecule has 26 heavy (non-hydrogen) atoms. The van der Waals surface area contributed by atoms with Gasteiger partial charge in [-0.1, -0.05) is 30.1 Å². The number of nitrogens with one attached hydrogen (secondary N) is 1. The van der Waals surface area contributed by atoms with Crippen molar-refractivity contribution in [3.8, 4) is 11.4 Å². The van der Waals surface area contributed by atoms with E-state index in [1.54, 1.807) is 7.11 Å². The Kier molecular flexibility index (Phi) is 5.26. The van der Waals surface area contributed by atoms with Gasteiger partial charge >= 0.3 is 12.1 Å². The fraction of sp³-hybridized carbons (Fsp3) is 0.471. The maximum Gasteiger partial charge on any atom is 0.471 e. The highest BCUT2D eigenvalue weighted by Gasteiger charge is 2.38. The van der Waals surface area contributed by atoms with Crippen LogP contribution in [-0.4, -0.2) is 35.3 Å². The SMILES string of the molecule is CO[C@H]1CCCC[C@H]1NC(=O)c1ccc(-c2noc(C(F)(F)F)n2)cc1. The van der Waals surface area contributed by atoms with Crippen LogP contribution in [0.25, 0.3) is 11.4 Å². The first kappa shape index (κ1) is 18.4. The summed E-state index contributed by atoms with van der Waals surface area (Å²) in [7, 11) is 1.63. The molecule has 0 unspecified atom stereocenters. The molecule has 1 aromatic heterocycles. The molecule has 1 heterocycles. The molecule has 1 aliphatic rings. The van der Waals surface area contributed by atoms with Crippen LogP contribution < -0.4 is 5.32 Å². The maximum atomic E-state index is 12.5. The molecule has 3 rings (SSSR count). The van der Waals surface area contributed by atoms with E-state index in [0.29, 0.717) is 11.1 Å². The average molecular weight is 369 g/mol. The first-order valence-electron chi connectivity index (χ1n) is 8.23. The van der Waals surface area contributed by atoms with E-state index in [0.717, 1.165) is 25.7 Å². The molecule has 140 valence electrons. The van der Waals surface area contributed by atoms with Crippen molar-refractivity contribution in [1.29, 1.82) is 0 Å². The van der Waals surface area contributed by atoms with E-state index in [1.165, 1.54) is 24.3 Å². The molecular weight excluding hydrogens is 351 g/mol. The van der Waals surface area contributed by atoms with E-state index in [9.17, 15) is 18.0 Å². The van der Waals surface area contributed by atoms with Gasteiger partial charge in [-0.15, -0.1) is 0 Å². The van der Waals surface area contributed by atoms with Gasteiger partial charge in [0.1, 0.15) is 0 Å². The van der Waals surface area contributed by atoms with Gasteiger partial charge < -0.3 is 14.6 Å². The van der Waals surface area contributed by atoms with E-state index < -0.39 is 12.1 Å². The lowest BCUT2D eigenvalue weighted by atomic mass is 9.92. The number of ether oxygens (including phenoxy) is 1. The van der Waals surface area contributed by atoms with Crippen molar-refractivity contribution < 1.29 is 27.2 Å². The highest BCUT2D eigenvalue weighted by atomic mass is 19.4. The second kappa shape index (κ2) is 7.45. The first-order valence-corrected chi connectivity index (χ1v) is 8.23. The zero-order chi connectivity index (χ0) is 18.7. The molecule has 0 saturated heterocycles. The summed E-state index contributed by atoms with van der Waals surface area (Å²) in [5, 5.41) is 6.28. The standard InChI is InChI=1S/C17H18F3N3O3/c1-25-13-5-3-2-4-12(13)21-15(24)11-8-6-10(7-9-11)14-22-16(26-23-14)17(18,19)20/h6-9,12-13H,2-5H2,1H3,(H,21,24)/t12-,13+/m1/s1. The van der Waals surface area contributed by atoms with E-state index in [2.05, 4.69) is 20.0 Å². The van der Waals surface area contributed by atoms with Crippen LogP contribution in [0, 0.1) is 0 Å². The minimum atomic E-state index is -4.69. The van der Waals surface area contributed by atoms with Crippen LogP contribution in [0.15, 0.2) is 28.8 Å². The number of rotatable bonds is 4. The highest BCUT2D eigenvalue weighted by molar-refractivity contribution is 5.94. The Morgan fingerprint density at radius 2 is 1.92 bits per heavy atom. The van der Waals surface area contributed by atoms with E-state index >= 15 is 0 Å². The maximum absolute atomic E-state index is 12.5. The van der Waals surface area contributed by atoms with Crippen LogP contribution >= 0.6 is 0 Å². The minimum Gasteiger partial charge on any atom is -0.379 e. The molecule has 6 nitrogen and oxygen atoms in total. The van der Waals surface area contributed by atoms with Crippen LogP contribution in [0.3, 0.4) is 0 Å². The van der Waals surface area contributed by atoms with Crippen molar-refractivity contribution in [3.05, 3.63) is 35.7 Å². The third-order valence-corrected chi connectivity index (χ3v) is 4.40. The van der Waals surface area contributed by atoms with Crippen LogP contribution in [0.5, 0.6) is 0 Å². The van der Waals surface area contributed by atoms with Crippen molar-refractivity contribution >= 4 is 5.91 Å². The van der Waals surface area contributed by atoms with Gasteiger partial charge in [-0.3, -0.25) is 4.79 Å². The van der Waals surface area contributed by atoms with Crippen LogP contribution in [0.1, 0.15) is 41.9 Å². The summed E-state index contributed by atoms with van der Waals surface area (Å²) in [6, 6.07) is 5.94. The largest absolute Gasteiger partial charge is 0.471 e. The third-order valence-electron chi connectivity index (χ3n) is 4.40. The van der Waals surface area contributed by atoms with Crippen molar-refractivity contribution in [1.82, 2.24) is 15.5 Å². The predicted octanol–water partition coefficient (Wildman–Crippen LogP) is 3.44. The van der Waals surface area contributed by atoms with Gasteiger partial charge in [-0.05, 0) is 25.0 Å². The number of methoxy groups -OCH3 is 1. The van der Waals surface area contributed by atoms with Crippen molar-refractivity contribution in [2.75, 3.05) is 7.11 Å². The fourth-order valence-electron chi connectivity index (χ4n) is 3.02. The first-order chi connectivity index (χ1) is 12.4. The topological polar surface area (TPSA) is 77.2 Å². The molecule has 2 atom stereocenters. The molecule has 1 fully saturated rings. The predicted molar refractivity (Wildman–Crippen MR) is 85.3 cm³/mol. The summed E-state index contributed by atoms with van der Waals surface area (Å²) in [6.07, 6.45) is -0.839.